The predicted molar refractivity (Wildman–Crippen MR) is 58.2 cm³/mol. The van der Waals surface area contributed by atoms with Crippen molar-refractivity contribution in [3.8, 4) is 0 Å². The van der Waals surface area contributed by atoms with Gasteiger partial charge in [0.25, 0.3) is 0 Å². The van der Waals surface area contributed by atoms with E-state index in [0.717, 1.165) is 0 Å². The van der Waals surface area contributed by atoms with E-state index in [-0.39, 0.29) is 5.41 Å². The Labute approximate surface area is 90.1 Å². The summed E-state index contributed by atoms with van der Waals surface area (Å²) in [7, 11) is 1.71. The fourth-order valence-electron chi connectivity index (χ4n) is 1.98. The zero-order chi connectivity index (χ0) is 10.7. The van der Waals surface area contributed by atoms with Crippen molar-refractivity contribution in [1.29, 1.82) is 0 Å². The van der Waals surface area contributed by atoms with E-state index in [1.54, 1.807) is 7.11 Å². The second-order valence-corrected chi connectivity index (χ2v) is 4.22. The van der Waals surface area contributed by atoms with Gasteiger partial charge in [-0.3, -0.25) is 0 Å². The van der Waals surface area contributed by atoms with Crippen LogP contribution in [0.4, 0.5) is 0 Å². The third-order valence-corrected chi connectivity index (χ3v) is 3.06. The molecule has 0 amide bonds. The highest BCUT2D eigenvalue weighted by Crippen LogP contribution is 2.48. The van der Waals surface area contributed by atoms with Crippen molar-refractivity contribution in [3.05, 3.63) is 35.4 Å². The van der Waals surface area contributed by atoms with Gasteiger partial charge in [-0.1, -0.05) is 24.3 Å². The van der Waals surface area contributed by atoms with Crippen LogP contribution < -0.4 is 5.90 Å². The number of rotatable bonds is 5. The minimum Gasteiger partial charge on any atom is -0.380 e. The Hall–Kier alpha value is -0.900. The molecule has 0 atom stereocenters. The lowest BCUT2D eigenvalue weighted by Gasteiger charge is -2.14. The van der Waals surface area contributed by atoms with Crippen LogP contribution in [0.2, 0.25) is 0 Å². The molecule has 3 nitrogen and oxygen atoms in total. The summed E-state index contributed by atoms with van der Waals surface area (Å²) in [5, 5.41) is 0. The van der Waals surface area contributed by atoms with Crippen LogP contribution in [0, 0.1) is 0 Å². The molecule has 15 heavy (non-hydrogen) atoms. The largest absolute Gasteiger partial charge is 0.380 e. The fraction of sp³-hybridized carbons (Fsp3) is 0.500. The van der Waals surface area contributed by atoms with E-state index >= 15 is 0 Å². The molecule has 0 unspecified atom stereocenters. The first-order valence-electron chi connectivity index (χ1n) is 5.21. The van der Waals surface area contributed by atoms with E-state index < -0.39 is 0 Å². The summed E-state index contributed by atoms with van der Waals surface area (Å²) in [6.07, 6.45) is 2.33. The maximum atomic E-state index is 5.16. The van der Waals surface area contributed by atoms with Gasteiger partial charge in [0.1, 0.15) is 0 Å². The Morgan fingerprint density at radius 3 is 2.80 bits per heavy atom. The third kappa shape index (κ3) is 2.20. The first-order valence-corrected chi connectivity index (χ1v) is 5.21. The molecule has 2 N–H and O–H groups in total. The summed E-state index contributed by atoms with van der Waals surface area (Å²) in [5.41, 5.74) is 2.71. The van der Waals surface area contributed by atoms with Gasteiger partial charge in [0.2, 0.25) is 0 Å². The number of nitrogens with two attached hydrogens (primary N) is 1. The second-order valence-electron chi connectivity index (χ2n) is 4.22. The highest BCUT2D eigenvalue weighted by atomic mass is 16.6. The molecule has 0 heterocycles. The van der Waals surface area contributed by atoms with E-state index in [2.05, 4.69) is 24.3 Å². The molecule has 0 spiro atoms. The molecule has 1 saturated carbocycles. The van der Waals surface area contributed by atoms with Gasteiger partial charge in [-0.15, -0.1) is 0 Å². The lowest BCUT2D eigenvalue weighted by molar-refractivity contribution is 0.116. The van der Waals surface area contributed by atoms with Crippen molar-refractivity contribution >= 4 is 0 Å². The molecule has 0 radical (unpaired) electrons. The van der Waals surface area contributed by atoms with Crippen molar-refractivity contribution in [2.45, 2.75) is 24.9 Å². The number of ether oxygens (including phenoxy) is 1. The molecule has 1 aliphatic carbocycles. The Morgan fingerprint density at radius 2 is 2.20 bits per heavy atom. The Kier molecular flexibility index (Phi) is 3.05. The smallest absolute Gasteiger partial charge is 0.0775 e. The van der Waals surface area contributed by atoms with E-state index in [1.165, 1.54) is 24.0 Å². The summed E-state index contributed by atoms with van der Waals surface area (Å²) in [5.74, 6) is 5.16. The van der Waals surface area contributed by atoms with Crippen LogP contribution in [0.1, 0.15) is 24.0 Å². The highest BCUT2D eigenvalue weighted by Gasteiger charge is 2.44. The highest BCUT2D eigenvalue weighted by molar-refractivity contribution is 5.34. The molecule has 0 aromatic heterocycles. The minimum absolute atomic E-state index is 0.179. The van der Waals surface area contributed by atoms with E-state index in [9.17, 15) is 0 Å². The molecule has 1 aromatic carbocycles. The molecular formula is C12H17NO2. The third-order valence-electron chi connectivity index (χ3n) is 3.06. The van der Waals surface area contributed by atoms with Gasteiger partial charge in [-0.2, -0.15) is 0 Å². The van der Waals surface area contributed by atoms with Crippen LogP contribution >= 0.6 is 0 Å². The van der Waals surface area contributed by atoms with Gasteiger partial charge in [0.15, 0.2) is 0 Å². The molecular weight excluding hydrogens is 190 g/mol. The van der Waals surface area contributed by atoms with Crippen LogP contribution in [-0.2, 0) is 21.6 Å². The average Bonchev–Trinajstić information content (AvgIpc) is 3.01. The number of hydrogen-bond donors (Lipinski definition) is 1. The van der Waals surface area contributed by atoms with Crippen molar-refractivity contribution in [1.82, 2.24) is 0 Å². The van der Waals surface area contributed by atoms with E-state index in [0.29, 0.717) is 13.2 Å². The molecule has 1 fully saturated rings. The Morgan fingerprint density at radius 1 is 1.40 bits per heavy atom. The Balaban J connectivity index is 2.17. The van der Waals surface area contributed by atoms with Crippen LogP contribution in [0.15, 0.2) is 24.3 Å². The van der Waals surface area contributed by atoms with E-state index in [4.69, 9.17) is 15.5 Å². The van der Waals surface area contributed by atoms with Crippen molar-refractivity contribution < 1.29 is 9.57 Å². The first-order chi connectivity index (χ1) is 7.30. The maximum Gasteiger partial charge on any atom is 0.0775 e. The van der Waals surface area contributed by atoms with Gasteiger partial charge in [0.05, 0.1) is 13.2 Å². The van der Waals surface area contributed by atoms with Crippen LogP contribution in [-0.4, -0.2) is 13.7 Å². The number of benzene rings is 1. The predicted octanol–water partition coefficient (Wildman–Crippen LogP) is 1.75. The summed E-state index contributed by atoms with van der Waals surface area (Å²) in [6, 6.07) is 8.48. The minimum atomic E-state index is 0.179. The van der Waals surface area contributed by atoms with Crippen LogP contribution in [0.5, 0.6) is 0 Å². The zero-order valence-electron chi connectivity index (χ0n) is 9.03. The standard InChI is InChI=1S/C12H17NO2/c1-14-8-10-3-2-4-11(7-10)12(5-6-12)9-15-13/h2-4,7H,5-6,8-9,13H2,1H3. The molecule has 3 heteroatoms. The summed E-state index contributed by atoms with van der Waals surface area (Å²) in [6.45, 7) is 1.27. The molecule has 1 aliphatic rings. The summed E-state index contributed by atoms with van der Waals surface area (Å²) >= 11 is 0. The van der Waals surface area contributed by atoms with Gasteiger partial charge in [-0.05, 0) is 24.0 Å². The lowest BCUT2D eigenvalue weighted by Crippen LogP contribution is -2.18. The Bertz CT molecular complexity index is 334. The topological polar surface area (TPSA) is 44.5 Å². The quantitative estimate of drug-likeness (QED) is 0.748. The zero-order valence-corrected chi connectivity index (χ0v) is 9.03. The molecule has 0 aliphatic heterocycles. The maximum absolute atomic E-state index is 5.16. The average molecular weight is 207 g/mol. The summed E-state index contributed by atoms with van der Waals surface area (Å²) < 4.78 is 5.12. The molecule has 1 aromatic rings. The van der Waals surface area contributed by atoms with Gasteiger partial charge >= 0.3 is 0 Å². The number of methoxy groups -OCH3 is 1. The van der Waals surface area contributed by atoms with Crippen LogP contribution in [0.3, 0.4) is 0 Å². The molecule has 2 rings (SSSR count). The van der Waals surface area contributed by atoms with Gasteiger partial charge in [0, 0.05) is 12.5 Å². The molecule has 82 valence electrons. The lowest BCUT2D eigenvalue weighted by atomic mass is 9.95. The monoisotopic (exact) mass is 207 g/mol. The fourth-order valence-corrected chi connectivity index (χ4v) is 1.98. The van der Waals surface area contributed by atoms with Crippen molar-refractivity contribution in [3.63, 3.8) is 0 Å². The van der Waals surface area contributed by atoms with Crippen molar-refractivity contribution in [2.75, 3.05) is 13.7 Å². The summed E-state index contributed by atoms with van der Waals surface area (Å²) in [4.78, 5) is 4.79. The second kappa shape index (κ2) is 4.31. The SMILES string of the molecule is COCc1cccc(C2(CON)CC2)c1. The van der Waals surface area contributed by atoms with E-state index in [1.807, 2.05) is 0 Å². The van der Waals surface area contributed by atoms with Crippen molar-refractivity contribution in [2.24, 2.45) is 5.90 Å². The van der Waals surface area contributed by atoms with Crippen LogP contribution in [0.25, 0.3) is 0 Å². The van der Waals surface area contributed by atoms with Gasteiger partial charge in [-0.25, -0.2) is 5.90 Å². The first kappa shape index (κ1) is 10.6. The van der Waals surface area contributed by atoms with Gasteiger partial charge < -0.3 is 9.57 Å². The molecule has 0 saturated heterocycles. The number of hydrogen-bond acceptors (Lipinski definition) is 3. The molecule has 0 bridgehead atoms. The normalized spacial score (nSPS) is 17.7.